The number of H-pyrrole nitrogens is 1. The van der Waals surface area contributed by atoms with Gasteiger partial charge in [0.15, 0.2) is 24.8 Å². The summed E-state index contributed by atoms with van der Waals surface area (Å²) in [6, 6.07) is 11.0. The molecule has 2 N–H and O–H groups in total. The van der Waals surface area contributed by atoms with Crippen LogP contribution in [0.1, 0.15) is 17.5 Å². The molecule has 22 heavy (non-hydrogen) atoms. The van der Waals surface area contributed by atoms with E-state index in [9.17, 15) is 10.1 Å². The zero-order valence-corrected chi connectivity index (χ0v) is 12.5. The monoisotopic (exact) mass is 310 g/mol. The Hall–Kier alpha value is -2.65. The van der Waals surface area contributed by atoms with Crippen molar-refractivity contribution in [1.29, 1.82) is 5.26 Å². The lowest BCUT2D eigenvalue weighted by molar-refractivity contribution is -0.711. The van der Waals surface area contributed by atoms with Gasteiger partial charge in [-0.3, -0.25) is 4.79 Å². The van der Waals surface area contributed by atoms with Crippen LogP contribution in [0.3, 0.4) is 0 Å². The molecule has 0 saturated carbocycles. The first-order valence-electron chi connectivity index (χ1n) is 6.78. The number of allylic oxidation sites excluding steroid dienone is 1. The summed E-state index contributed by atoms with van der Waals surface area (Å²) in [4.78, 5) is 15.5. The SMILES string of the molecule is N#CC1=C(S)NC(=O)C([n+]2ccccc2)C1c1ccc[nH+]c1. The summed E-state index contributed by atoms with van der Waals surface area (Å²) >= 11 is 4.26. The highest BCUT2D eigenvalue weighted by Gasteiger charge is 2.45. The van der Waals surface area contributed by atoms with Crippen LogP contribution in [0.2, 0.25) is 0 Å². The highest BCUT2D eigenvalue weighted by molar-refractivity contribution is 7.84. The van der Waals surface area contributed by atoms with Gasteiger partial charge in [0.25, 0.3) is 5.91 Å². The molecule has 2 unspecified atom stereocenters. The van der Waals surface area contributed by atoms with E-state index in [1.54, 1.807) is 12.4 Å². The molecule has 5 nitrogen and oxygen atoms in total. The number of nitrogens with zero attached hydrogens (tertiary/aromatic N) is 2. The third-order valence-corrected chi connectivity index (χ3v) is 4.02. The highest BCUT2D eigenvalue weighted by Crippen LogP contribution is 2.37. The summed E-state index contributed by atoms with van der Waals surface area (Å²) in [5.41, 5.74) is 1.31. The van der Waals surface area contributed by atoms with Crippen molar-refractivity contribution >= 4 is 18.5 Å². The van der Waals surface area contributed by atoms with E-state index in [1.165, 1.54) is 0 Å². The number of thiol groups is 1. The normalized spacial score (nSPS) is 21.2. The van der Waals surface area contributed by atoms with Crippen LogP contribution in [0, 0.1) is 11.3 Å². The fourth-order valence-electron chi connectivity index (χ4n) is 2.69. The Morgan fingerprint density at radius 1 is 1.27 bits per heavy atom. The molecule has 0 aromatic carbocycles. The van der Waals surface area contributed by atoms with E-state index in [-0.39, 0.29) is 5.91 Å². The van der Waals surface area contributed by atoms with Crippen LogP contribution < -0.4 is 14.9 Å². The molecule has 2 atom stereocenters. The number of carbonyl (C=O) groups excluding carboxylic acids is 1. The molecule has 0 saturated heterocycles. The van der Waals surface area contributed by atoms with Crippen LogP contribution in [0.4, 0.5) is 0 Å². The second kappa shape index (κ2) is 6.00. The van der Waals surface area contributed by atoms with E-state index >= 15 is 0 Å². The second-order valence-corrected chi connectivity index (χ2v) is 5.39. The van der Waals surface area contributed by atoms with Crippen LogP contribution >= 0.6 is 12.6 Å². The Bertz CT molecular complexity index is 768. The number of aromatic amines is 1. The van der Waals surface area contributed by atoms with Crippen LogP contribution in [0.25, 0.3) is 0 Å². The predicted molar refractivity (Wildman–Crippen MR) is 81.2 cm³/mol. The third-order valence-electron chi connectivity index (χ3n) is 3.66. The molecule has 0 aliphatic carbocycles. The molecule has 0 radical (unpaired) electrons. The van der Waals surface area contributed by atoms with Gasteiger partial charge >= 0.3 is 0 Å². The average molecular weight is 310 g/mol. The van der Waals surface area contributed by atoms with Crippen molar-refractivity contribution in [2.75, 3.05) is 0 Å². The van der Waals surface area contributed by atoms with E-state index in [2.05, 4.69) is 29.0 Å². The zero-order chi connectivity index (χ0) is 15.5. The number of rotatable bonds is 2. The number of pyridine rings is 2. The van der Waals surface area contributed by atoms with Gasteiger partial charge in [-0.05, 0) is 6.07 Å². The summed E-state index contributed by atoms with van der Waals surface area (Å²) in [5, 5.41) is 12.5. The zero-order valence-electron chi connectivity index (χ0n) is 11.6. The first-order chi connectivity index (χ1) is 10.7. The van der Waals surface area contributed by atoms with Gasteiger partial charge in [-0.1, -0.05) is 6.07 Å². The first kappa shape index (κ1) is 14.3. The smallest absolute Gasteiger partial charge is 0.294 e. The number of hydrogen-bond acceptors (Lipinski definition) is 3. The molecular formula is C16H14N4OS+2. The second-order valence-electron chi connectivity index (χ2n) is 4.95. The van der Waals surface area contributed by atoms with E-state index in [0.717, 1.165) is 5.56 Å². The Morgan fingerprint density at radius 2 is 2.05 bits per heavy atom. The molecule has 3 rings (SSSR count). The molecule has 6 heteroatoms. The van der Waals surface area contributed by atoms with E-state index in [1.807, 2.05) is 47.3 Å². The molecular weight excluding hydrogens is 296 g/mol. The minimum atomic E-state index is -0.539. The van der Waals surface area contributed by atoms with Crippen molar-refractivity contribution in [3.8, 4) is 6.07 Å². The van der Waals surface area contributed by atoms with Crippen molar-refractivity contribution in [3.63, 3.8) is 0 Å². The molecule has 0 fully saturated rings. The number of aromatic nitrogens is 2. The van der Waals surface area contributed by atoms with Gasteiger partial charge in [0.05, 0.1) is 22.6 Å². The number of nitriles is 1. The molecule has 1 amide bonds. The lowest BCUT2D eigenvalue weighted by atomic mass is 9.83. The first-order valence-corrected chi connectivity index (χ1v) is 7.23. The molecule has 2 aromatic rings. The molecule has 3 heterocycles. The van der Waals surface area contributed by atoms with Crippen molar-refractivity contribution in [1.82, 2.24) is 5.32 Å². The summed E-state index contributed by atoms with van der Waals surface area (Å²) in [6.45, 7) is 0. The molecule has 1 aliphatic heterocycles. The third kappa shape index (κ3) is 2.47. The van der Waals surface area contributed by atoms with Gasteiger partial charge in [0.1, 0.15) is 0 Å². The largest absolute Gasteiger partial charge is 0.314 e. The lowest BCUT2D eigenvalue weighted by Crippen LogP contribution is -2.53. The number of amides is 1. The standard InChI is InChI=1S/C16H12N4OS/c17-9-12-13(11-5-4-6-18-10-11)14(15(21)19-16(12)22)20-7-2-1-3-8-20/h1-8,10,13-14H,(H-,19,21,22)/p+2. The Labute approximate surface area is 133 Å². The quantitative estimate of drug-likeness (QED) is 0.639. The summed E-state index contributed by atoms with van der Waals surface area (Å²) in [6.07, 6.45) is 7.23. The maximum absolute atomic E-state index is 12.5. The van der Waals surface area contributed by atoms with E-state index in [0.29, 0.717) is 10.6 Å². The van der Waals surface area contributed by atoms with Crippen molar-refractivity contribution in [3.05, 3.63) is 71.3 Å². The number of nitrogens with one attached hydrogen (secondary N) is 2. The summed E-state index contributed by atoms with van der Waals surface area (Å²) in [5.74, 6) is -0.579. The maximum atomic E-state index is 12.5. The van der Waals surface area contributed by atoms with E-state index in [4.69, 9.17) is 0 Å². The maximum Gasteiger partial charge on any atom is 0.294 e. The minimum absolute atomic E-state index is 0.186. The van der Waals surface area contributed by atoms with Gasteiger partial charge in [-0.25, -0.2) is 4.98 Å². The van der Waals surface area contributed by atoms with Gasteiger partial charge in [0, 0.05) is 23.8 Å². The lowest BCUT2D eigenvalue weighted by Gasteiger charge is -2.26. The van der Waals surface area contributed by atoms with Gasteiger partial charge in [0.2, 0.25) is 6.04 Å². The Balaban J connectivity index is 2.19. The number of hydrogen-bond donors (Lipinski definition) is 2. The van der Waals surface area contributed by atoms with Crippen molar-refractivity contribution in [2.45, 2.75) is 12.0 Å². The molecule has 1 aliphatic rings. The molecule has 108 valence electrons. The fourth-order valence-corrected chi connectivity index (χ4v) is 2.99. The van der Waals surface area contributed by atoms with Crippen LogP contribution in [0.15, 0.2) is 65.7 Å². The Kier molecular flexibility index (Phi) is 3.90. The fraction of sp³-hybridized carbons (Fsp3) is 0.125. The van der Waals surface area contributed by atoms with Gasteiger partial charge in [-0.15, -0.1) is 12.6 Å². The average Bonchev–Trinajstić information content (AvgIpc) is 2.56. The van der Waals surface area contributed by atoms with Crippen LogP contribution in [0.5, 0.6) is 0 Å². The van der Waals surface area contributed by atoms with Crippen molar-refractivity contribution < 1.29 is 14.3 Å². The topological polar surface area (TPSA) is 70.9 Å². The number of carbonyl (C=O) groups is 1. The molecule has 0 bridgehead atoms. The Morgan fingerprint density at radius 3 is 2.68 bits per heavy atom. The van der Waals surface area contributed by atoms with Crippen molar-refractivity contribution in [2.24, 2.45) is 0 Å². The predicted octanol–water partition coefficient (Wildman–Crippen LogP) is 0.908. The van der Waals surface area contributed by atoms with Gasteiger partial charge in [-0.2, -0.15) is 9.83 Å². The summed E-state index contributed by atoms with van der Waals surface area (Å²) < 4.78 is 1.81. The summed E-state index contributed by atoms with van der Waals surface area (Å²) in [7, 11) is 0. The molecule has 0 spiro atoms. The highest BCUT2D eigenvalue weighted by atomic mass is 32.1. The molecule has 2 aromatic heterocycles. The van der Waals surface area contributed by atoms with Crippen LogP contribution in [-0.4, -0.2) is 5.91 Å². The van der Waals surface area contributed by atoms with Gasteiger partial charge < -0.3 is 5.32 Å². The van der Waals surface area contributed by atoms with E-state index < -0.39 is 12.0 Å². The van der Waals surface area contributed by atoms with Crippen LogP contribution in [-0.2, 0) is 4.79 Å². The minimum Gasteiger partial charge on any atom is -0.314 e.